The monoisotopic (exact) mass is 425 g/mol. The van der Waals surface area contributed by atoms with E-state index >= 15 is 0 Å². The number of carbonyl (C=O) groups excluding carboxylic acids is 1. The van der Waals surface area contributed by atoms with Crippen molar-refractivity contribution >= 4 is 16.0 Å². The SMILES string of the molecule is CC1=CC(OC(=O)C(C)(C)C)=CN(S(=O)(=O)c2ccc(C)cc2)[C@@H]1c1ccccc1. The summed E-state index contributed by atoms with van der Waals surface area (Å²) < 4.78 is 34.0. The van der Waals surface area contributed by atoms with Crippen molar-refractivity contribution in [3.8, 4) is 0 Å². The lowest BCUT2D eigenvalue weighted by Crippen LogP contribution is -2.34. The molecule has 158 valence electrons. The Hall–Kier alpha value is -2.86. The van der Waals surface area contributed by atoms with Crippen molar-refractivity contribution in [1.29, 1.82) is 0 Å². The molecule has 1 aliphatic heterocycles. The van der Waals surface area contributed by atoms with Crippen molar-refractivity contribution in [1.82, 2.24) is 4.31 Å². The van der Waals surface area contributed by atoms with Crippen LogP contribution in [0, 0.1) is 12.3 Å². The van der Waals surface area contributed by atoms with Gasteiger partial charge >= 0.3 is 5.97 Å². The van der Waals surface area contributed by atoms with Crippen LogP contribution < -0.4 is 0 Å². The van der Waals surface area contributed by atoms with Gasteiger partial charge < -0.3 is 4.74 Å². The number of hydrogen-bond acceptors (Lipinski definition) is 4. The summed E-state index contributed by atoms with van der Waals surface area (Å²) in [5.74, 6) is -0.223. The zero-order valence-electron chi connectivity index (χ0n) is 17.9. The van der Waals surface area contributed by atoms with Crippen LogP contribution in [-0.4, -0.2) is 18.7 Å². The Balaban J connectivity index is 2.10. The topological polar surface area (TPSA) is 63.7 Å². The number of sulfonamides is 1. The predicted octanol–water partition coefficient (Wildman–Crippen LogP) is 5.12. The number of esters is 1. The van der Waals surface area contributed by atoms with E-state index in [-0.39, 0.29) is 10.7 Å². The van der Waals surface area contributed by atoms with Crippen molar-refractivity contribution in [3.05, 3.63) is 89.3 Å². The first-order valence-electron chi connectivity index (χ1n) is 9.77. The molecule has 30 heavy (non-hydrogen) atoms. The summed E-state index contributed by atoms with van der Waals surface area (Å²) in [5.41, 5.74) is 1.86. The lowest BCUT2D eigenvalue weighted by Gasteiger charge is -2.34. The molecule has 0 bridgehead atoms. The van der Waals surface area contributed by atoms with Crippen LogP contribution in [0.25, 0.3) is 0 Å². The normalized spacial score (nSPS) is 17.2. The highest BCUT2D eigenvalue weighted by Gasteiger charge is 2.35. The fourth-order valence-electron chi connectivity index (χ4n) is 3.14. The molecule has 0 spiro atoms. The van der Waals surface area contributed by atoms with Gasteiger partial charge in [-0.25, -0.2) is 8.42 Å². The molecular formula is C24H27NO4S. The van der Waals surface area contributed by atoms with Crippen LogP contribution >= 0.6 is 0 Å². The highest BCUT2D eigenvalue weighted by Crippen LogP contribution is 2.38. The fourth-order valence-corrected chi connectivity index (χ4v) is 4.67. The summed E-state index contributed by atoms with van der Waals surface area (Å²) in [6, 6.07) is 15.6. The van der Waals surface area contributed by atoms with Gasteiger partial charge in [0.05, 0.1) is 22.6 Å². The van der Waals surface area contributed by atoms with E-state index in [2.05, 4.69) is 0 Å². The maximum atomic E-state index is 13.6. The fraction of sp³-hybridized carbons (Fsp3) is 0.292. The molecule has 2 aromatic rings. The smallest absolute Gasteiger partial charge is 0.316 e. The third kappa shape index (κ3) is 4.49. The molecule has 5 nitrogen and oxygen atoms in total. The molecule has 0 N–H and O–H groups in total. The largest absolute Gasteiger partial charge is 0.425 e. The minimum Gasteiger partial charge on any atom is -0.425 e. The number of hydrogen-bond donors (Lipinski definition) is 0. The maximum Gasteiger partial charge on any atom is 0.316 e. The summed E-state index contributed by atoms with van der Waals surface area (Å²) in [4.78, 5) is 12.6. The summed E-state index contributed by atoms with van der Waals surface area (Å²) in [6.07, 6.45) is 3.13. The Morgan fingerprint density at radius 1 is 0.967 bits per heavy atom. The molecule has 0 amide bonds. The summed E-state index contributed by atoms with van der Waals surface area (Å²) in [7, 11) is -3.89. The number of rotatable bonds is 4. The zero-order chi connectivity index (χ0) is 22.1. The Labute approximate surface area is 178 Å². The first-order valence-corrected chi connectivity index (χ1v) is 11.2. The predicted molar refractivity (Wildman–Crippen MR) is 117 cm³/mol. The third-order valence-corrected chi connectivity index (χ3v) is 6.58. The van der Waals surface area contributed by atoms with Gasteiger partial charge in [0.2, 0.25) is 0 Å². The van der Waals surface area contributed by atoms with E-state index in [4.69, 9.17) is 4.74 Å². The first kappa shape index (κ1) is 21.8. The molecule has 1 aliphatic rings. The average molecular weight is 426 g/mol. The Bertz CT molecular complexity index is 1090. The van der Waals surface area contributed by atoms with E-state index < -0.39 is 27.4 Å². The minimum absolute atomic E-state index is 0.182. The van der Waals surface area contributed by atoms with Crippen molar-refractivity contribution in [2.75, 3.05) is 0 Å². The van der Waals surface area contributed by atoms with Crippen LogP contribution in [0.1, 0.15) is 44.9 Å². The van der Waals surface area contributed by atoms with E-state index in [0.717, 1.165) is 16.7 Å². The lowest BCUT2D eigenvalue weighted by molar-refractivity contribution is -0.148. The zero-order valence-corrected chi connectivity index (χ0v) is 18.7. The van der Waals surface area contributed by atoms with E-state index in [1.807, 2.05) is 44.2 Å². The van der Waals surface area contributed by atoms with E-state index in [9.17, 15) is 13.2 Å². The Kier molecular flexibility index (Phi) is 5.90. The molecule has 6 heteroatoms. The number of carbonyl (C=O) groups is 1. The standard InChI is InChI=1S/C24H27NO4S/c1-17-11-13-21(14-12-17)30(27,28)25-16-20(29-23(26)24(3,4)5)15-18(2)22(25)19-9-7-6-8-10-19/h6-16,22H,1-5H3/t22-/m0/s1. The molecule has 0 aromatic heterocycles. The molecule has 2 aromatic carbocycles. The molecule has 0 saturated carbocycles. The molecule has 0 saturated heterocycles. The molecule has 0 unspecified atom stereocenters. The van der Waals surface area contributed by atoms with Gasteiger partial charge in [-0.2, -0.15) is 0 Å². The second-order valence-electron chi connectivity index (χ2n) is 8.52. The second-order valence-corrected chi connectivity index (χ2v) is 10.4. The third-order valence-electron chi connectivity index (χ3n) is 4.84. The second kappa shape index (κ2) is 8.11. The van der Waals surface area contributed by atoms with Crippen molar-refractivity contribution in [3.63, 3.8) is 0 Å². The summed E-state index contributed by atoms with van der Waals surface area (Å²) in [6.45, 7) is 9.00. The first-order chi connectivity index (χ1) is 14.0. The lowest BCUT2D eigenvalue weighted by atomic mass is 9.96. The molecule has 0 fully saturated rings. The van der Waals surface area contributed by atoms with Gasteiger partial charge in [-0.15, -0.1) is 0 Å². The number of aryl methyl sites for hydroxylation is 1. The maximum absolute atomic E-state index is 13.6. The van der Waals surface area contributed by atoms with Gasteiger partial charge in [0, 0.05) is 0 Å². The number of nitrogens with zero attached hydrogens (tertiary/aromatic N) is 1. The van der Waals surface area contributed by atoms with E-state index in [1.54, 1.807) is 51.1 Å². The average Bonchev–Trinajstić information content (AvgIpc) is 2.68. The Morgan fingerprint density at radius 3 is 2.13 bits per heavy atom. The van der Waals surface area contributed by atoms with Gasteiger partial charge in [-0.1, -0.05) is 48.0 Å². The summed E-state index contributed by atoms with van der Waals surface area (Å²) in [5, 5.41) is 0. The van der Waals surface area contributed by atoms with Gasteiger partial charge in [-0.05, 0) is 64.0 Å². The molecular weight excluding hydrogens is 398 g/mol. The number of ether oxygens (including phenoxy) is 1. The van der Waals surface area contributed by atoms with E-state index in [0.29, 0.717) is 0 Å². The van der Waals surface area contributed by atoms with Crippen LogP contribution in [-0.2, 0) is 19.6 Å². The van der Waals surface area contributed by atoms with Crippen LogP contribution in [0.3, 0.4) is 0 Å². The summed E-state index contributed by atoms with van der Waals surface area (Å²) >= 11 is 0. The quantitative estimate of drug-likeness (QED) is 0.638. The molecule has 1 atom stereocenters. The van der Waals surface area contributed by atoms with Gasteiger partial charge in [-0.3, -0.25) is 9.10 Å². The van der Waals surface area contributed by atoms with Crippen LogP contribution in [0.2, 0.25) is 0 Å². The number of allylic oxidation sites excluding steroid dienone is 1. The van der Waals surface area contributed by atoms with E-state index in [1.165, 1.54) is 10.5 Å². The molecule has 0 radical (unpaired) electrons. The highest BCUT2D eigenvalue weighted by atomic mass is 32.2. The Morgan fingerprint density at radius 2 is 1.57 bits per heavy atom. The van der Waals surface area contributed by atoms with Crippen LogP contribution in [0.4, 0.5) is 0 Å². The highest BCUT2D eigenvalue weighted by molar-refractivity contribution is 7.89. The minimum atomic E-state index is -3.89. The van der Waals surface area contributed by atoms with Gasteiger partial charge in [0.1, 0.15) is 5.76 Å². The van der Waals surface area contributed by atoms with Gasteiger partial charge in [0.15, 0.2) is 0 Å². The van der Waals surface area contributed by atoms with Gasteiger partial charge in [0.25, 0.3) is 10.0 Å². The molecule has 0 aliphatic carbocycles. The van der Waals surface area contributed by atoms with Crippen LogP contribution in [0.15, 0.2) is 83.1 Å². The van der Waals surface area contributed by atoms with Crippen LogP contribution in [0.5, 0.6) is 0 Å². The van der Waals surface area contributed by atoms with Crippen molar-refractivity contribution < 1.29 is 17.9 Å². The molecule has 3 rings (SSSR count). The van der Waals surface area contributed by atoms with Crippen molar-refractivity contribution in [2.24, 2.45) is 5.41 Å². The number of benzene rings is 2. The molecule has 1 heterocycles. The van der Waals surface area contributed by atoms with Crippen molar-refractivity contribution in [2.45, 2.75) is 45.6 Å².